The van der Waals surface area contributed by atoms with Gasteiger partial charge in [0.2, 0.25) is 5.91 Å². The first-order chi connectivity index (χ1) is 12.0. The van der Waals surface area contributed by atoms with Crippen molar-refractivity contribution in [2.75, 3.05) is 26.2 Å². The minimum atomic E-state index is -0.516. The molecule has 0 aliphatic carbocycles. The first-order valence-electron chi connectivity index (χ1n) is 8.24. The van der Waals surface area contributed by atoms with Gasteiger partial charge in [0.15, 0.2) is 0 Å². The fourth-order valence-electron chi connectivity index (χ4n) is 3.00. The lowest BCUT2D eigenvalue weighted by Crippen LogP contribution is -2.49. The number of hydrogen-bond donors (Lipinski definition) is 0. The number of aromatic nitrogens is 2. The van der Waals surface area contributed by atoms with Crippen molar-refractivity contribution in [3.63, 3.8) is 0 Å². The zero-order valence-electron chi connectivity index (χ0n) is 14.2. The molecule has 1 aromatic carbocycles. The van der Waals surface area contributed by atoms with Crippen LogP contribution in [-0.4, -0.2) is 56.6 Å². The number of amides is 1. The van der Waals surface area contributed by atoms with Crippen LogP contribution in [0.4, 0.5) is 5.69 Å². The van der Waals surface area contributed by atoms with Crippen molar-refractivity contribution < 1.29 is 9.72 Å². The minimum absolute atomic E-state index is 0.0335. The molecule has 0 spiro atoms. The molecule has 0 radical (unpaired) electrons. The van der Waals surface area contributed by atoms with E-state index in [9.17, 15) is 14.9 Å². The van der Waals surface area contributed by atoms with Crippen molar-refractivity contribution in [2.45, 2.75) is 20.0 Å². The Balaban J connectivity index is 1.49. The fourth-order valence-corrected chi connectivity index (χ4v) is 3.00. The Morgan fingerprint density at radius 3 is 2.68 bits per heavy atom. The molecule has 0 bridgehead atoms. The van der Waals surface area contributed by atoms with Crippen LogP contribution in [0.3, 0.4) is 0 Å². The minimum Gasteiger partial charge on any atom is -0.339 e. The Kier molecular flexibility index (Phi) is 5.08. The largest absolute Gasteiger partial charge is 0.339 e. The molecule has 0 N–H and O–H groups in total. The summed E-state index contributed by atoms with van der Waals surface area (Å²) in [5.41, 5.74) is 2.43. The van der Waals surface area contributed by atoms with Gasteiger partial charge in [0, 0.05) is 32.7 Å². The molecule has 1 aliphatic heterocycles. The van der Waals surface area contributed by atoms with Gasteiger partial charge in [-0.3, -0.25) is 24.5 Å². The van der Waals surface area contributed by atoms with Gasteiger partial charge < -0.3 is 4.90 Å². The molecule has 0 saturated carbocycles. The fraction of sp³-hybridized carbons (Fsp3) is 0.412. The summed E-state index contributed by atoms with van der Waals surface area (Å²) in [5, 5.41) is 14.5. The van der Waals surface area contributed by atoms with Crippen LogP contribution in [0, 0.1) is 17.0 Å². The molecule has 8 nitrogen and oxygen atoms in total. The Labute approximate surface area is 145 Å². The number of rotatable bonds is 5. The van der Waals surface area contributed by atoms with Crippen molar-refractivity contribution in [2.24, 2.45) is 0 Å². The maximum atomic E-state index is 12.3. The Morgan fingerprint density at radius 1 is 1.28 bits per heavy atom. The molecule has 1 amide bonds. The van der Waals surface area contributed by atoms with E-state index < -0.39 is 4.92 Å². The zero-order valence-corrected chi connectivity index (χ0v) is 14.2. The topological polar surface area (TPSA) is 84.5 Å². The van der Waals surface area contributed by atoms with Crippen LogP contribution < -0.4 is 0 Å². The third-order valence-electron chi connectivity index (χ3n) is 4.34. The van der Waals surface area contributed by atoms with Crippen LogP contribution in [0.1, 0.15) is 11.1 Å². The lowest BCUT2D eigenvalue weighted by Gasteiger charge is -2.34. The van der Waals surface area contributed by atoms with Crippen molar-refractivity contribution in [1.29, 1.82) is 0 Å². The Bertz CT molecular complexity index is 765. The molecule has 8 heteroatoms. The summed E-state index contributed by atoms with van der Waals surface area (Å²) in [4.78, 5) is 26.6. The smallest absolute Gasteiger partial charge is 0.307 e. The van der Waals surface area contributed by atoms with E-state index in [4.69, 9.17) is 0 Å². The van der Waals surface area contributed by atoms with Crippen LogP contribution in [0.5, 0.6) is 0 Å². The van der Waals surface area contributed by atoms with E-state index in [1.807, 2.05) is 0 Å². The quantitative estimate of drug-likeness (QED) is 0.606. The van der Waals surface area contributed by atoms with E-state index in [-0.39, 0.29) is 18.1 Å². The van der Waals surface area contributed by atoms with Crippen molar-refractivity contribution in [3.8, 4) is 0 Å². The van der Waals surface area contributed by atoms with Crippen LogP contribution in [0.15, 0.2) is 36.7 Å². The van der Waals surface area contributed by atoms with Crippen LogP contribution in [-0.2, 0) is 17.9 Å². The third-order valence-corrected chi connectivity index (χ3v) is 4.34. The third kappa shape index (κ3) is 4.42. The number of nitro groups is 1. The average Bonchev–Trinajstić information content (AvgIpc) is 3.04. The number of aryl methyl sites for hydroxylation is 1. The molecule has 1 fully saturated rings. The highest BCUT2D eigenvalue weighted by Gasteiger charge is 2.22. The highest BCUT2D eigenvalue weighted by Crippen LogP contribution is 2.12. The SMILES string of the molecule is Cc1cccc(CN2CCN(C(=O)Cn3cc([N+](=O)[O-])cn3)CC2)c1. The van der Waals surface area contributed by atoms with Gasteiger partial charge in [-0.2, -0.15) is 5.10 Å². The highest BCUT2D eigenvalue weighted by molar-refractivity contribution is 5.76. The predicted molar refractivity (Wildman–Crippen MR) is 91.9 cm³/mol. The molecule has 0 unspecified atom stereocenters. The van der Waals surface area contributed by atoms with Crippen LogP contribution in [0.25, 0.3) is 0 Å². The maximum Gasteiger partial charge on any atom is 0.307 e. The van der Waals surface area contributed by atoms with Crippen molar-refractivity contribution in [1.82, 2.24) is 19.6 Å². The molecule has 2 aromatic rings. The van der Waals surface area contributed by atoms with E-state index in [1.165, 1.54) is 22.0 Å². The lowest BCUT2D eigenvalue weighted by atomic mass is 10.1. The Hall–Kier alpha value is -2.74. The molecule has 1 aromatic heterocycles. The monoisotopic (exact) mass is 343 g/mol. The second-order valence-corrected chi connectivity index (χ2v) is 6.30. The van der Waals surface area contributed by atoms with Gasteiger partial charge in [0.1, 0.15) is 18.9 Å². The molecular formula is C17H21N5O3. The first kappa shape index (κ1) is 17.1. The van der Waals surface area contributed by atoms with Gasteiger partial charge >= 0.3 is 5.69 Å². The van der Waals surface area contributed by atoms with E-state index in [0.717, 1.165) is 25.8 Å². The number of nitrogens with zero attached hydrogens (tertiary/aromatic N) is 5. The van der Waals surface area contributed by atoms with Gasteiger partial charge in [0.05, 0.1) is 4.92 Å². The zero-order chi connectivity index (χ0) is 17.8. The summed E-state index contributed by atoms with van der Waals surface area (Å²) in [6.07, 6.45) is 2.44. The summed E-state index contributed by atoms with van der Waals surface area (Å²) >= 11 is 0. The van der Waals surface area contributed by atoms with Gasteiger partial charge in [-0.15, -0.1) is 0 Å². The number of benzene rings is 1. The predicted octanol–water partition coefficient (Wildman–Crippen LogP) is 1.44. The number of piperazine rings is 1. The summed E-state index contributed by atoms with van der Waals surface area (Å²) < 4.78 is 1.32. The van der Waals surface area contributed by atoms with Crippen molar-refractivity contribution >= 4 is 11.6 Å². The first-order valence-corrected chi connectivity index (χ1v) is 8.24. The normalized spacial score (nSPS) is 15.3. The van der Waals surface area contributed by atoms with E-state index in [1.54, 1.807) is 4.90 Å². The van der Waals surface area contributed by atoms with Gasteiger partial charge in [0.25, 0.3) is 0 Å². The second kappa shape index (κ2) is 7.43. The van der Waals surface area contributed by atoms with Crippen molar-refractivity contribution in [3.05, 3.63) is 57.9 Å². The van der Waals surface area contributed by atoms with Crippen LogP contribution in [0.2, 0.25) is 0 Å². The molecule has 3 rings (SSSR count). The number of carbonyl (C=O) groups excluding carboxylic acids is 1. The standard InChI is InChI=1S/C17H21N5O3/c1-14-3-2-4-15(9-14)11-19-5-7-20(8-6-19)17(23)13-21-12-16(10-18-21)22(24)25/h2-4,9-10,12H,5-8,11,13H2,1H3. The molecular weight excluding hydrogens is 322 g/mol. The molecule has 1 saturated heterocycles. The van der Waals surface area contributed by atoms with E-state index >= 15 is 0 Å². The van der Waals surface area contributed by atoms with E-state index in [0.29, 0.717) is 13.1 Å². The summed E-state index contributed by atoms with van der Waals surface area (Å²) in [5.74, 6) is -0.0618. The number of carbonyl (C=O) groups is 1. The molecule has 0 atom stereocenters. The average molecular weight is 343 g/mol. The maximum absolute atomic E-state index is 12.3. The molecule has 132 valence electrons. The van der Waals surface area contributed by atoms with Gasteiger partial charge in [-0.1, -0.05) is 29.8 Å². The van der Waals surface area contributed by atoms with E-state index in [2.05, 4.69) is 41.2 Å². The number of hydrogen-bond acceptors (Lipinski definition) is 5. The lowest BCUT2D eigenvalue weighted by molar-refractivity contribution is -0.385. The van der Waals surface area contributed by atoms with Gasteiger partial charge in [-0.05, 0) is 12.5 Å². The summed E-state index contributed by atoms with van der Waals surface area (Å²) in [7, 11) is 0. The summed E-state index contributed by atoms with van der Waals surface area (Å²) in [6.45, 7) is 5.96. The molecule has 2 heterocycles. The van der Waals surface area contributed by atoms with Gasteiger partial charge in [-0.25, -0.2) is 0 Å². The molecule has 1 aliphatic rings. The molecule has 25 heavy (non-hydrogen) atoms. The second-order valence-electron chi connectivity index (χ2n) is 6.30. The Morgan fingerprint density at radius 2 is 2.04 bits per heavy atom. The highest BCUT2D eigenvalue weighted by atomic mass is 16.6. The van der Waals surface area contributed by atoms with Crippen LogP contribution >= 0.6 is 0 Å². The summed E-state index contributed by atoms with van der Waals surface area (Å²) in [6, 6.07) is 8.45.